The van der Waals surface area contributed by atoms with E-state index in [1.54, 1.807) is 6.07 Å². The van der Waals surface area contributed by atoms with Gasteiger partial charge in [0.05, 0.1) is 10.5 Å². The van der Waals surface area contributed by atoms with Crippen molar-refractivity contribution in [3.05, 3.63) is 40.2 Å². The fourth-order valence-corrected chi connectivity index (χ4v) is 5.79. The van der Waals surface area contributed by atoms with E-state index in [2.05, 4.69) is 17.2 Å². The Labute approximate surface area is 170 Å². The van der Waals surface area contributed by atoms with E-state index in [1.807, 2.05) is 0 Å². The van der Waals surface area contributed by atoms with Crippen LogP contribution >= 0.6 is 0 Å². The summed E-state index contributed by atoms with van der Waals surface area (Å²) in [6, 6.07) is 5.96. The number of rotatable bonds is 4. The zero-order valence-corrected chi connectivity index (χ0v) is 17.4. The van der Waals surface area contributed by atoms with Crippen molar-refractivity contribution in [2.45, 2.75) is 56.4 Å². The molecule has 2 aliphatic rings. The smallest absolute Gasteiger partial charge is 0.252 e. The van der Waals surface area contributed by atoms with Gasteiger partial charge in [-0.15, -0.1) is 0 Å². The lowest BCUT2D eigenvalue weighted by Crippen LogP contribution is -2.37. The Balaban J connectivity index is 1.71. The van der Waals surface area contributed by atoms with E-state index < -0.39 is 10.0 Å². The molecular weight excluding hydrogens is 390 g/mol. The standard InChI is InChI=1S/C21H27N3O4S/c1-14-8-10-24(11-9-14)29(27,28)16-6-7-19-17(12-16)18(13-20(25)23-19)21(26)22-15-4-2-3-5-15/h6-7,12-15H,2-5,8-11H2,1H3,(H,22,26)(H,23,25). The Morgan fingerprint density at radius 3 is 2.48 bits per heavy atom. The van der Waals surface area contributed by atoms with Crippen LogP contribution in [0.3, 0.4) is 0 Å². The second-order valence-electron chi connectivity index (χ2n) is 8.30. The monoisotopic (exact) mass is 417 g/mol. The maximum atomic E-state index is 13.1. The van der Waals surface area contributed by atoms with Gasteiger partial charge in [0.15, 0.2) is 0 Å². The molecule has 1 aliphatic heterocycles. The molecule has 156 valence electrons. The molecule has 0 unspecified atom stereocenters. The first kappa shape index (κ1) is 20.1. The van der Waals surface area contributed by atoms with Crippen molar-refractivity contribution in [3.63, 3.8) is 0 Å². The number of aromatic nitrogens is 1. The summed E-state index contributed by atoms with van der Waals surface area (Å²) >= 11 is 0. The number of amides is 1. The van der Waals surface area contributed by atoms with E-state index in [0.717, 1.165) is 38.5 Å². The Kier molecular flexibility index (Phi) is 5.48. The molecular formula is C21H27N3O4S. The summed E-state index contributed by atoms with van der Waals surface area (Å²) in [4.78, 5) is 27.7. The van der Waals surface area contributed by atoms with E-state index in [-0.39, 0.29) is 28.0 Å². The van der Waals surface area contributed by atoms with Gasteiger partial charge in [0.2, 0.25) is 15.6 Å². The van der Waals surface area contributed by atoms with Gasteiger partial charge in [0.25, 0.3) is 5.91 Å². The van der Waals surface area contributed by atoms with Gasteiger partial charge in [-0.2, -0.15) is 4.31 Å². The highest BCUT2D eigenvalue weighted by Gasteiger charge is 2.29. The van der Waals surface area contributed by atoms with E-state index in [9.17, 15) is 18.0 Å². The Bertz CT molecular complexity index is 1080. The van der Waals surface area contributed by atoms with Crippen LogP contribution in [0.15, 0.2) is 34.0 Å². The van der Waals surface area contributed by atoms with Crippen LogP contribution in [0.4, 0.5) is 0 Å². The molecule has 2 aromatic rings. The third-order valence-corrected chi connectivity index (χ3v) is 8.02. The summed E-state index contributed by atoms with van der Waals surface area (Å²) in [7, 11) is -3.64. The van der Waals surface area contributed by atoms with Crippen LogP contribution in [0.1, 0.15) is 55.8 Å². The normalized spacial score (nSPS) is 19.6. The number of carbonyl (C=O) groups is 1. The third kappa shape index (κ3) is 4.09. The summed E-state index contributed by atoms with van der Waals surface area (Å²) in [6.45, 7) is 3.13. The SMILES string of the molecule is CC1CCN(S(=O)(=O)c2ccc3[nH]c(=O)cc(C(=O)NC4CCCC4)c3c2)CC1. The Morgan fingerprint density at radius 2 is 1.79 bits per heavy atom. The number of fused-ring (bicyclic) bond motifs is 1. The van der Waals surface area contributed by atoms with Gasteiger partial charge in [-0.05, 0) is 49.8 Å². The summed E-state index contributed by atoms with van der Waals surface area (Å²) in [5.74, 6) is 0.198. The van der Waals surface area contributed by atoms with Crippen LogP contribution < -0.4 is 10.9 Å². The number of H-pyrrole nitrogens is 1. The molecule has 1 aromatic heterocycles. The maximum Gasteiger partial charge on any atom is 0.252 e. The van der Waals surface area contributed by atoms with Gasteiger partial charge in [-0.25, -0.2) is 8.42 Å². The maximum absolute atomic E-state index is 13.1. The number of carbonyl (C=O) groups excluding carboxylic acids is 1. The lowest BCUT2D eigenvalue weighted by atomic mass is 10.0. The number of sulfonamides is 1. The minimum atomic E-state index is -3.64. The fraction of sp³-hybridized carbons (Fsp3) is 0.524. The zero-order chi connectivity index (χ0) is 20.6. The fourth-order valence-electron chi connectivity index (χ4n) is 4.29. The minimum absolute atomic E-state index is 0.110. The molecule has 0 radical (unpaired) electrons. The van der Waals surface area contributed by atoms with Crippen LogP contribution in [0.25, 0.3) is 10.9 Å². The summed E-state index contributed by atoms with van der Waals surface area (Å²) in [6.07, 6.45) is 5.71. The zero-order valence-electron chi connectivity index (χ0n) is 16.6. The van der Waals surface area contributed by atoms with E-state index in [0.29, 0.717) is 29.9 Å². The number of benzene rings is 1. The van der Waals surface area contributed by atoms with Crippen LogP contribution in [-0.2, 0) is 10.0 Å². The number of nitrogens with one attached hydrogen (secondary N) is 2. The minimum Gasteiger partial charge on any atom is -0.349 e. The Morgan fingerprint density at radius 1 is 1.10 bits per heavy atom. The number of nitrogens with zero attached hydrogens (tertiary/aromatic N) is 1. The average molecular weight is 418 g/mol. The molecule has 1 saturated heterocycles. The van der Waals surface area contributed by atoms with Crippen molar-refractivity contribution in [2.75, 3.05) is 13.1 Å². The predicted octanol–water partition coefficient (Wildman–Crippen LogP) is 2.62. The van der Waals surface area contributed by atoms with Crippen molar-refractivity contribution in [1.29, 1.82) is 0 Å². The molecule has 2 N–H and O–H groups in total. The molecule has 0 bridgehead atoms. The number of aromatic amines is 1. The lowest BCUT2D eigenvalue weighted by molar-refractivity contribution is 0.0939. The molecule has 1 amide bonds. The molecule has 29 heavy (non-hydrogen) atoms. The second-order valence-corrected chi connectivity index (χ2v) is 10.2. The molecule has 2 heterocycles. The summed E-state index contributed by atoms with van der Waals surface area (Å²) < 4.78 is 27.7. The predicted molar refractivity (Wildman–Crippen MR) is 111 cm³/mol. The van der Waals surface area contributed by atoms with E-state index >= 15 is 0 Å². The lowest BCUT2D eigenvalue weighted by Gasteiger charge is -2.29. The highest BCUT2D eigenvalue weighted by atomic mass is 32.2. The molecule has 7 nitrogen and oxygen atoms in total. The number of hydrogen-bond acceptors (Lipinski definition) is 4. The van der Waals surface area contributed by atoms with Crippen molar-refractivity contribution < 1.29 is 13.2 Å². The van der Waals surface area contributed by atoms with E-state index in [1.165, 1.54) is 22.5 Å². The van der Waals surface area contributed by atoms with Gasteiger partial charge in [0, 0.05) is 36.1 Å². The number of hydrogen-bond donors (Lipinski definition) is 2. The van der Waals surface area contributed by atoms with Gasteiger partial charge in [-0.3, -0.25) is 9.59 Å². The van der Waals surface area contributed by atoms with E-state index in [4.69, 9.17) is 0 Å². The summed E-state index contributed by atoms with van der Waals surface area (Å²) in [5.41, 5.74) is 0.301. The second kappa shape index (κ2) is 7.91. The van der Waals surface area contributed by atoms with Gasteiger partial charge >= 0.3 is 0 Å². The molecule has 0 spiro atoms. The van der Waals surface area contributed by atoms with Gasteiger partial charge < -0.3 is 10.3 Å². The van der Waals surface area contributed by atoms with Crippen LogP contribution in [-0.4, -0.2) is 42.7 Å². The molecule has 0 atom stereocenters. The first-order chi connectivity index (χ1) is 13.8. The van der Waals surface area contributed by atoms with Crippen LogP contribution in [0.2, 0.25) is 0 Å². The first-order valence-corrected chi connectivity index (χ1v) is 11.8. The quantitative estimate of drug-likeness (QED) is 0.799. The van der Waals surface area contributed by atoms with Crippen molar-refractivity contribution >= 4 is 26.8 Å². The molecule has 4 rings (SSSR count). The summed E-state index contributed by atoms with van der Waals surface area (Å²) in [5, 5.41) is 3.44. The highest BCUT2D eigenvalue weighted by molar-refractivity contribution is 7.89. The van der Waals surface area contributed by atoms with Gasteiger partial charge in [-0.1, -0.05) is 19.8 Å². The van der Waals surface area contributed by atoms with Crippen LogP contribution in [0, 0.1) is 5.92 Å². The molecule has 1 aromatic carbocycles. The van der Waals surface area contributed by atoms with Crippen LogP contribution in [0.5, 0.6) is 0 Å². The van der Waals surface area contributed by atoms with Gasteiger partial charge in [0.1, 0.15) is 0 Å². The average Bonchev–Trinajstić information content (AvgIpc) is 3.20. The number of pyridine rings is 1. The highest BCUT2D eigenvalue weighted by Crippen LogP contribution is 2.27. The van der Waals surface area contributed by atoms with Crippen molar-refractivity contribution in [1.82, 2.24) is 14.6 Å². The van der Waals surface area contributed by atoms with Crippen molar-refractivity contribution in [2.24, 2.45) is 5.92 Å². The topological polar surface area (TPSA) is 99.3 Å². The largest absolute Gasteiger partial charge is 0.349 e. The van der Waals surface area contributed by atoms with Crippen molar-refractivity contribution in [3.8, 4) is 0 Å². The Hall–Kier alpha value is -2.19. The molecule has 1 saturated carbocycles. The molecule has 2 fully saturated rings. The molecule has 1 aliphatic carbocycles. The molecule has 8 heteroatoms. The first-order valence-electron chi connectivity index (χ1n) is 10.3. The third-order valence-electron chi connectivity index (χ3n) is 6.13. The number of piperidine rings is 1.